The van der Waals surface area contributed by atoms with Crippen molar-refractivity contribution in [3.63, 3.8) is 0 Å². The Morgan fingerprint density at radius 2 is 2.20 bits per heavy atom. The molecule has 2 rings (SSSR count). The first kappa shape index (κ1) is 10.5. The van der Waals surface area contributed by atoms with Gasteiger partial charge < -0.3 is 10.2 Å². The van der Waals surface area contributed by atoms with E-state index in [1.54, 1.807) is 4.90 Å². The molecule has 2 aliphatic rings. The molecule has 4 nitrogen and oxygen atoms in total. The highest BCUT2D eigenvalue weighted by Crippen LogP contribution is 2.23. The summed E-state index contributed by atoms with van der Waals surface area (Å²) in [5.74, 6) is 0.585. The van der Waals surface area contributed by atoms with Gasteiger partial charge in [-0.1, -0.05) is 13.8 Å². The van der Waals surface area contributed by atoms with E-state index in [0.717, 1.165) is 25.8 Å². The summed E-state index contributed by atoms with van der Waals surface area (Å²) in [5, 5.41) is 2.84. The summed E-state index contributed by atoms with van der Waals surface area (Å²) in [7, 11) is 0. The van der Waals surface area contributed by atoms with Gasteiger partial charge in [-0.25, -0.2) is 0 Å². The third kappa shape index (κ3) is 1.85. The Labute approximate surface area is 90.0 Å². The van der Waals surface area contributed by atoms with E-state index in [9.17, 15) is 9.59 Å². The molecular weight excluding hydrogens is 192 g/mol. The lowest BCUT2D eigenvalue weighted by Crippen LogP contribution is -2.61. The molecule has 0 bridgehead atoms. The number of hydrogen-bond donors (Lipinski definition) is 1. The van der Waals surface area contributed by atoms with Crippen LogP contribution in [0.2, 0.25) is 0 Å². The van der Waals surface area contributed by atoms with Crippen molar-refractivity contribution < 1.29 is 9.59 Å². The van der Waals surface area contributed by atoms with Crippen LogP contribution >= 0.6 is 0 Å². The van der Waals surface area contributed by atoms with Crippen molar-refractivity contribution in [1.82, 2.24) is 10.2 Å². The minimum absolute atomic E-state index is 0.0396. The van der Waals surface area contributed by atoms with E-state index in [1.807, 2.05) is 0 Å². The van der Waals surface area contributed by atoms with Crippen LogP contribution in [0.1, 0.15) is 33.1 Å². The number of carbonyl (C=O) groups excluding carboxylic acids is 2. The van der Waals surface area contributed by atoms with Crippen molar-refractivity contribution in [2.45, 2.75) is 45.2 Å². The van der Waals surface area contributed by atoms with E-state index in [-0.39, 0.29) is 23.9 Å². The summed E-state index contributed by atoms with van der Waals surface area (Å²) in [6.45, 7) is 4.89. The van der Waals surface area contributed by atoms with Crippen molar-refractivity contribution in [3.05, 3.63) is 0 Å². The van der Waals surface area contributed by atoms with Crippen LogP contribution < -0.4 is 5.32 Å². The fraction of sp³-hybridized carbons (Fsp3) is 0.818. The van der Waals surface area contributed by atoms with Gasteiger partial charge in [0.15, 0.2) is 0 Å². The highest BCUT2D eigenvalue weighted by atomic mass is 16.2. The number of hydrogen-bond acceptors (Lipinski definition) is 2. The Balaban J connectivity index is 2.10. The molecule has 2 atom stereocenters. The van der Waals surface area contributed by atoms with Gasteiger partial charge in [0, 0.05) is 6.54 Å². The summed E-state index contributed by atoms with van der Waals surface area (Å²) in [6.07, 6.45) is 2.53. The van der Waals surface area contributed by atoms with Crippen LogP contribution in [-0.2, 0) is 9.59 Å². The molecule has 2 amide bonds. The Hall–Kier alpha value is -1.06. The van der Waals surface area contributed by atoms with Crippen LogP contribution in [0.5, 0.6) is 0 Å². The van der Waals surface area contributed by atoms with E-state index < -0.39 is 0 Å². The Kier molecular flexibility index (Phi) is 2.67. The van der Waals surface area contributed by atoms with E-state index in [1.165, 1.54) is 0 Å². The molecule has 2 saturated heterocycles. The third-order valence-electron chi connectivity index (χ3n) is 3.16. The maximum absolute atomic E-state index is 12.0. The molecule has 0 aromatic rings. The van der Waals surface area contributed by atoms with Gasteiger partial charge in [-0.2, -0.15) is 0 Å². The highest BCUT2D eigenvalue weighted by Gasteiger charge is 2.42. The molecular formula is C11H18N2O2. The predicted molar refractivity (Wildman–Crippen MR) is 56.1 cm³/mol. The molecule has 1 unspecified atom stereocenters. The summed E-state index contributed by atoms with van der Waals surface area (Å²) in [4.78, 5) is 25.5. The first-order chi connectivity index (χ1) is 7.09. The number of nitrogens with one attached hydrogen (secondary N) is 1. The summed E-state index contributed by atoms with van der Waals surface area (Å²) < 4.78 is 0. The summed E-state index contributed by atoms with van der Waals surface area (Å²) in [6, 6.07) is -0.465. The molecule has 0 saturated carbocycles. The molecule has 0 radical (unpaired) electrons. The smallest absolute Gasteiger partial charge is 0.245 e. The maximum atomic E-state index is 12.0. The van der Waals surface area contributed by atoms with Crippen molar-refractivity contribution in [1.29, 1.82) is 0 Å². The van der Waals surface area contributed by atoms with Crippen molar-refractivity contribution >= 4 is 11.8 Å². The van der Waals surface area contributed by atoms with Crippen LogP contribution in [0.3, 0.4) is 0 Å². The van der Waals surface area contributed by atoms with E-state index in [2.05, 4.69) is 19.2 Å². The topological polar surface area (TPSA) is 49.4 Å². The largest absolute Gasteiger partial charge is 0.342 e. The number of piperazine rings is 1. The van der Waals surface area contributed by atoms with Crippen LogP contribution in [0.25, 0.3) is 0 Å². The predicted octanol–water partition coefficient (Wildman–Crippen LogP) is 0.522. The van der Waals surface area contributed by atoms with E-state index >= 15 is 0 Å². The lowest BCUT2D eigenvalue weighted by atomic mass is 9.99. The molecule has 2 heterocycles. The van der Waals surface area contributed by atoms with Crippen molar-refractivity contribution in [2.24, 2.45) is 5.92 Å². The molecule has 4 heteroatoms. The van der Waals surface area contributed by atoms with Gasteiger partial charge in [-0.15, -0.1) is 0 Å². The second kappa shape index (κ2) is 3.83. The number of rotatable bonds is 2. The van der Waals surface area contributed by atoms with Gasteiger partial charge >= 0.3 is 0 Å². The van der Waals surface area contributed by atoms with Crippen LogP contribution in [0.4, 0.5) is 0 Å². The first-order valence-corrected chi connectivity index (χ1v) is 5.70. The maximum Gasteiger partial charge on any atom is 0.245 e. The zero-order chi connectivity index (χ0) is 11.0. The van der Waals surface area contributed by atoms with E-state index in [4.69, 9.17) is 0 Å². The Morgan fingerprint density at radius 1 is 1.47 bits per heavy atom. The molecule has 0 aliphatic carbocycles. The molecule has 15 heavy (non-hydrogen) atoms. The number of fused-ring (bicyclic) bond motifs is 1. The minimum atomic E-state index is -0.285. The van der Waals surface area contributed by atoms with Gasteiger partial charge in [-0.05, 0) is 25.2 Å². The van der Waals surface area contributed by atoms with Gasteiger partial charge in [0.25, 0.3) is 0 Å². The average Bonchev–Trinajstić information content (AvgIpc) is 2.61. The molecule has 0 aromatic heterocycles. The van der Waals surface area contributed by atoms with Gasteiger partial charge in [0.05, 0.1) is 0 Å². The molecule has 2 aliphatic heterocycles. The molecule has 0 aromatic carbocycles. The van der Waals surface area contributed by atoms with Crippen molar-refractivity contribution in [2.75, 3.05) is 6.54 Å². The first-order valence-electron chi connectivity index (χ1n) is 5.70. The summed E-state index contributed by atoms with van der Waals surface area (Å²) >= 11 is 0. The third-order valence-corrected chi connectivity index (χ3v) is 3.16. The van der Waals surface area contributed by atoms with E-state index in [0.29, 0.717) is 5.92 Å². The average molecular weight is 210 g/mol. The minimum Gasteiger partial charge on any atom is -0.342 e. The Morgan fingerprint density at radius 3 is 2.87 bits per heavy atom. The standard InChI is InChI=1S/C11H18N2O2/c1-7(2)6-8-11(15)13-5-3-4-9(13)10(14)12-8/h7-9H,3-6H2,1-2H3,(H,12,14)/t8?,9-/m0/s1. The number of carbonyl (C=O) groups is 2. The van der Waals surface area contributed by atoms with Crippen LogP contribution in [0, 0.1) is 5.92 Å². The highest BCUT2D eigenvalue weighted by molar-refractivity contribution is 5.97. The molecule has 1 N–H and O–H groups in total. The van der Waals surface area contributed by atoms with Gasteiger partial charge in [0.1, 0.15) is 12.1 Å². The normalized spacial score (nSPS) is 30.7. The van der Waals surface area contributed by atoms with Gasteiger partial charge in [-0.3, -0.25) is 9.59 Å². The monoisotopic (exact) mass is 210 g/mol. The number of amides is 2. The van der Waals surface area contributed by atoms with Crippen LogP contribution in [0.15, 0.2) is 0 Å². The molecule has 84 valence electrons. The van der Waals surface area contributed by atoms with Crippen molar-refractivity contribution in [3.8, 4) is 0 Å². The van der Waals surface area contributed by atoms with Crippen LogP contribution in [-0.4, -0.2) is 35.3 Å². The zero-order valence-corrected chi connectivity index (χ0v) is 9.32. The lowest BCUT2D eigenvalue weighted by molar-refractivity contribution is -0.147. The van der Waals surface area contributed by atoms with Gasteiger partial charge in [0.2, 0.25) is 11.8 Å². The molecule has 0 spiro atoms. The lowest BCUT2D eigenvalue weighted by Gasteiger charge is -2.35. The number of nitrogens with zero attached hydrogens (tertiary/aromatic N) is 1. The SMILES string of the molecule is CC(C)CC1NC(=O)[C@@H]2CCCN2C1=O. The zero-order valence-electron chi connectivity index (χ0n) is 9.32. The second-order valence-corrected chi connectivity index (χ2v) is 4.88. The Bertz CT molecular complexity index is 288. The summed E-state index contributed by atoms with van der Waals surface area (Å²) in [5.41, 5.74) is 0. The fourth-order valence-corrected chi connectivity index (χ4v) is 2.46. The fourth-order valence-electron chi connectivity index (χ4n) is 2.46. The molecule has 2 fully saturated rings. The quantitative estimate of drug-likeness (QED) is 0.722. The second-order valence-electron chi connectivity index (χ2n) is 4.88.